The zero-order valence-corrected chi connectivity index (χ0v) is 12.7. The van der Waals surface area contributed by atoms with E-state index in [1.54, 1.807) is 7.11 Å². The lowest BCUT2D eigenvalue weighted by atomic mass is 9.66. The third-order valence-corrected chi connectivity index (χ3v) is 5.15. The van der Waals surface area contributed by atoms with Gasteiger partial charge in [-0.05, 0) is 33.5 Å². The molecule has 6 nitrogen and oxygen atoms in total. The Labute approximate surface area is 123 Å². The Hall–Kier alpha value is -1.37. The minimum atomic E-state index is -0.808. The van der Waals surface area contributed by atoms with Gasteiger partial charge in [-0.1, -0.05) is 5.16 Å². The lowest BCUT2D eigenvalue weighted by Gasteiger charge is -2.46. The largest absolute Gasteiger partial charge is 0.498 e. The fourth-order valence-electron chi connectivity index (χ4n) is 4.38. The molecule has 1 aliphatic carbocycles. The number of hydrogen-bond acceptors (Lipinski definition) is 6. The van der Waals surface area contributed by atoms with E-state index >= 15 is 0 Å². The van der Waals surface area contributed by atoms with Gasteiger partial charge in [-0.25, -0.2) is 0 Å². The molecule has 0 amide bonds. The van der Waals surface area contributed by atoms with Crippen molar-refractivity contribution in [1.82, 2.24) is 10.1 Å². The number of aromatic nitrogens is 1. The van der Waals surface area contributed by atoms with E-state index in [1.165, 1.54) is 0 Å². The SMILES string of the molecule is COC1=C[C@@H]2C[C@H]3[C@H](N(C)C)c4onc(C)c4[C@@H](O)[C@@]13O2. The molecular weight excluding hydrogens is 272 g/mol. The molecule has 3 aliphatic rings. The van der Waals surface area contributed by atoms with Crippen LogP contribution in [0.3, 0.4) is 0 Å². The summed E-state index contributed by atoms with van der Waals surface area (Å²) in [7, 11) is 5.66. The van der Waals surface area contributed by atoms with Gasteiger partial charge in [0.05, 0.1) is 30.5 Å². The Balaban J connectivity index is 1.95. The predicted molar refractivity (Wildman–Crippen MR) is 73.4 cm³/mol. The van der Waals surface area contributed by atoms with E-state index in [2.05, 4.69) is 10.1 Å². The maximum atomic E-state index is 11.0. The first kappa shape index (κ1) is 13.3. The second-order valence-corrected chi connectivity index (χ2v) is 6.38. The summed E-state index contributed by atoms with van der Waals surface area (Å²) >= 11 is 0. The Kier molecular flexibility index (Phi) is 2.59. The lowest BCUT2D eigenvalue weighted by molar-refractivity contribution is -0.131. The first-order valence-electron chi connectivity index (χ1n) is 7.25. The zero-order valence-electron chi connectivity index (χ0n) is 12.7. The Morgan fingerprint density at radius 1 is 1.48 bits per heavy atom. The van der Waals surface area contributed by atoms with E-state index in [1.807, 2.05) is 27.1 Å². The minimum absolute atomic E-state index is 0.000628. The first-order valence-corrected chi connectivity index (χ1v) is 7.25. The first-order chi connectivity index (χ1) is 10.0. The summed E-state index contributed by atoms with van der Waals surface area (Å²) in [5.41, 5.74) is 0.652. The normalized spacial score (nSPS) is 40.2. The molecule has 5 atom stereocenters. The molecule has 0 radical (unpaired) electrons. The van der Waals surface area contributed by atoms with Crippen molar-refractivity contribution in [3.8, 4) is 0 Å². The van der Waals surface area contributed by atoms with E-state index in [-0.39, 0.29) is 18.1 Å². The van der Waals surface area contributed by atoms with Crippen LogP contribution >= 0.6 is 0 Å². The van der Waals surface area contributed by atoms with Gasteiger partial charge in [0.2, 0.25) is 0 Å². The second-order valence-electron chi connectivity index (χ2n) is 6.38. The van der Waals surface area contributed by atoms with Crippen LogP contribution in [-0.2, 0) is 9.47 Å². The summed E-state index contributed by atoms with van der Waals surface area (Å²) in [6, 6.07) is 0.0217. The van der Waals surface area contributed by atoms with Gasteiger partial charge in [0.15, 0.2) is 11.4 Å². The molecule has 0 aromatic carbocycles. The van der Waals surface area contributed by atoms with Crippen LogP contribution in [0.5, 0.6) is 0 Å². The van der Waals surface area contributed by atoms with E-state index in [0.29, 0.717) is 5.69 Å². The number of methoxy groups -OCH3 is 1. The zero-order chi connectivity index (χ0) is 14.9. The fraction of sp³-hybridized carbons (Fsp3) is 0.667. The van der Waals surface area contributed by atoms with Crippen LogP contribution < -0.4 is 0 Å². The van der Waals surface area contributed by atoms with Crippen molar-refractivity contribution in [1.29, 1.82) is 0 Å². The molecule has 6 heteroatoms. The number of fused-ring (bicyclic) bond motifs is 2. The van der Waals surface area contributed by atoms with E-state index in [4.69, 9.17) is 14.0 Å². The average molecular weight is 292 g/mol. The predicted octanol–water partition coefficient (Wildman–Crippen LogP) is 1.32. The maximum absolute atomic E-state index is 11.0. The van der Waals surface area contributed by atoms with Gasteiger partial charge in [0.1, 0.15) is 11.9 Å². The van der Waals surface area contributed by atoms with Crippen molar-refractivity contribution in [2.75, 3.05) is 21.2 Å². The number of aliphatic hydroxyl groups excluding tert-OH is 1. The van der Waals surface area contributed by atoms with Gasteiger partial charge in [-0.3, -0.25) is 4.90 Å². The number of aliphatic hydroxyl groups is 1. The summed E-state index contributed by atoms with van der Waals surface area (Å²) < 4.78 is 17.3. The Morgan fingerprint density at radius 3 is 2.90 bits per heavy atom. The highest BCUT2D eigenvalue weighted by Crippen LogP contribution is 2.62. The molecule has 1 saturated heterocycles. The molecule has 2 bridgehead atoms. The smallest absolute Gasteiger partial charge is 0.160 e. The quantitative estimate of drug-likeness (QED) is 0.886. The van der Waals surface area contributed by atoms with Crippen molar-refractivity contribution in [2.24, 2.45) is 5.92 Å². The number of aryl methyl sites for hydroxylation is 1. The van der Waals surface area contributed by atoms with Gasteiger partial charge in [-0.2, -0.15) is 0 Å². The van der Waals surface area contributed by atoms with Crippen LogP contribution in [0, 0.1) is 12.8 Å². The highest BCUT2D eigenvalue weighted by atomic mass is 16.6. The molecule has 1 N–H and O–H groups in total. The van der Waals surface area contributed by atoms with Crippen molar-refractivity contribution in [3.05, 3.63) is 28.9 Å². The van der Waals surface area contributed by atoms with Gasteiger partial charge < -0.3 is 19.1 Å². The van der Waals surface area contributed by atoms with Crippen LogP contribution in [-0.4, -0.2) is 48.1 Å². The van der Waals surface area contributed by atoms with Crippen LogP contribution in [0.15, 0.2) is 16.4 Å². The molecule has 3 heterocycles. The van der Waals surface area contributed by atoms with E-state index in [9.17, 15) is 5.11 Å². The molecule has 0 saturated carbocycles. The molecule has 1 spiro atoms. The minimum Gasteiger partial charge on any atom is -0.498 e. The number of rotatable bonds is 2. The molecule has 1 fully saturated rings. The van der Waals surface area contributed by atoms with Crippen molar-refractivity contribution >= 4 is 0 Å². The van der Waals surface area contributed by atoms with E-state index < -0.39 is 11.7 Å². The van der Waals surface area contributed by atoms with Crippen molar-refractivity contribution < 1.29 is 19.1 Å². The summed E-state index contributed by atoms with van der Waals surface area (Å²) in [4.78, 5) is 2.11. The van der Waals surface area contributed by atoms with Gasteiger partial charge >= 0.3 is 0 Å². The molecule has 1 aromatic heterocycles. The second kappa shape index (κ2) is 4.09. The maximum Gasteiger partial charge on any atom is 0.160 e. The summed E-state index contributed by atoms with van der Waals surface area (Å²) in [5, 5.41) is 15.1. The Bertz CT molecular complexity index is 623. The summed E-state index contributed by atoms with van der Waals surface area (Å²) in [6.07, 6.45) is 2.03. The standard InChI is InChI=1S/C15H20N2O4/c1-7-11-13(21-16-7)12(17(2)3)9-5-8-6-10(19-4)15(9,20-8)14(11)18/h6,8-9,12,14,18H,5H2,1-4H3/t8-,9-,12-,14+,15-/m0/s1. The van der Waals surface area contributed by atoms with E-state index in [0.717, 1.165) is 23.5 Å². The molecule has 1 aromatic rings. The van der Waals surface area contributed by atoms with Crippen molar-refractivity contribution in [3.63, 3.8) is 0 Å². The van der Waals surface area contributed by atoms with Crippen molar-refractivity contribution in [2.45, 2.75) is 37.2 Å². The molecule has 2 aliphatic heterocycles. The molecule has 4 rings (SSSR count). The van der Waals surface area contributed by atoms with Gasteiger partial charge in [0.25, 0.3) is 0 Å². The average Bonchev–Trinajstić information content (AvgIpc) is 3.09. The number of hydrogen-bond donors (Lipinski definition) is 1. The topological polar surface area (TPSA) is 68.0 Å². The molecule has 0 unspecified atom stereocenters. The molecule has 21 heavy (non-hydrogen) atoms. The number of ether oxygens (including phenoxy) is 2. The fourth-order valence-corrected chi connectivity index (χ4v) is 4.38. The highest BCUT2D eigenvalue weighted by Gasteiger charge is 2.67. The van der Waals surface area contributed by atoms with Gasteiger partial charge in [0, 0.05) is 5.92 Å². The lowest BCUT2D eigenvalue weighted by Crippen LogP contribution is -2.51. The van der Waals surface area contributed by atoms with Crippen LogP contribution in [0.25, 0.3) is 0 Å². The Morgan fingerprint density at radius 2 is 2.24 bits per heavy atom. The number of nitrogens with zero attached hydrogens (tertiary/aromatic N) is 2. The third kappa shape index (κ3) is 1.40. The van der Waals surface area contributed by atoms with Crippen LogP contribution in [0.1, 0.15) is 35.6 Å². The van der Waals surface area contributed by atoms with Crippen LogP contribution in [0.4, 0.5) is 0 Å². The summed E-state index contributed by atoms with van der Waals surface area (Å²) in [6.45, 7) is 1.85. The van der Waals surface area contributed by atoms with Crippen LogP contribution in [0.2, 0.25) is 0 Å². The van der Waals surface area contributed by atoms with Gasteiger partial charge in [-0.15, -0.1) is 0 Å². The molecular formula is C15H20N2O4. The summed E-state index contributed by atoms with van der Waals surface area (Å²) in [5.74, 6) is 1.58. The molecule has 114 valence electrons. The third-order valence-electron chi connectivity index (χ3n) is 5.15. The monoisotopic (exact) mass is 292 g/mol. The highest BCUT2D eigenvalue weighted by molar-refractivity contribution is 5.43.